The lowest BCUT2D eigenvalue weighted by Crippen LogP contribution is -2.12. The van der Waals surface area contributed by atoms with Crippen LogP contribution < -0.4 is 5.32 Å². The van der Waals surface area contributed by atoms with Gasteiger partial charge in [0.15, 0.2) is 0 Å². The van der Waals surface area contributed by atoms with E-state index in [0.717, 1.165) is 23.0 Å². The smallest absolute Gasteiger partial charge is 0.272 e. The molecule has 0 aliphatic carbocycles. The molecule has 1 amide bonds. The Labute approximate surface area is 127 Å². The van der Waals surface area contributed by atoms with Gasteiger partial charge in [0, 0.05) is 21.6 Å². The number of H-pyrrole nitrogens is 1. The Morgan fingerprint density at radius 2 is 1.90 bits per heavy atom. The van der Waals surface area contributed by atoms with Gasteiger partial charge in [-0.3, -0.25) is 4.79 Å². The molecule has 0 aliphatic rings. The minimum atomic E-state index is -0.161. The van der Waals surface area contributed by atoms with Crippen molar-refractivity contribution < 1.29 is 4.79 Å². The zero-order chi connectivity index (χ0) is 14.8. The Morgan fingerprint density at radius 3 is 2.62 bits per heavy atom. The Hall–Kier alpha value is -2.26. The second kappa shape index (κ2) is 5.62. The van der Waals surface area contributed by atoms with E-state index in [1.54, 1.807) is 12.1 Å². The molecule has 0 fully saturated rings. The quantitative estimate of drug-likeness (QED) is 0.727. The molecule has 2 aromatic carbocycles. The summed E-state index contributed by atoms with van der Waals surface area (Å²) in [4.78, 5) is 15.3. The van der Waals surface area contributed by atoms with Gasteiger partial charge in [-0.15, -0.1) is 0 Å². The lowest BCUT2D eigenvalue weighted by Gasteiger charge is -2.04. The minimum absolute atomic E-state index is 0.161. The average Bonchev–Trinajstić information content (AvgIpc) is 2.91. The number of aromatic nitrogens is 1. The predicted molar refractivity (Wildman–Crippen MR) is 87.1 cm³/mol. The largest absolute Gasteiger partial charge is 0.351 e. The van der Waals surface area contributed by atoms with E-state index in [-0.39, 0.29) is 5.91 Å². The van der Waals surface area contributed by atoms with Crippen molar-refractivity contribution in [1.29, 1.82) is 0 Å². The summed E-state index contributed by atoms with van der Waals surface area (Å²) in [6, 6.07) is 15.2. The minimum Gasteiger partial charge on any atom is -0.351 e. The van der Waals surface area contributed by atoms with E-state index in [1.807, 2.05) is 36.4 Å². The standard InChI is InChI=1S/C17H15ClN2O/c1-2-11-3-6-14(7-4-11)19-17(21)16-10-12-9-13(18)5-8-15(12)20-16/h3-10,20H,2H2,1H3,(H,19,21). The van der Waals surface area contributed by atoms with Crippen LogP contribution in [0.3, 0.4) is 0 Å². The maximum atomic E-state index is 12.2. The molecule has 0 spiro atoms. The van der Waals surface area contributed by atoms with Crippen molar-refractivity contribution in [1.82, 2.24) is 4.98 Å². The Balaban J connectivity index is 1.82. The first-order valence-corrected chi connectivity index (χ1v) is 7.22. The topological polar surface area (TPSA) is 44.9 Å². The van der Waals surface area contributed by atoms with E-state index in [1.165, 1.54) is 5.56 Å². The summed E-state index contributed by atoms with van der Waals surface area (Å²) in [5.74, 6) is -0.161. The van der Waals surface area contributed by atoms with Crippen LogP contribution in [0.2, 0.25) is 5.02 Å². The van der Waals surface area contributed by atoms with Crippen LogP contribution in [0.5, 0.6) is 0 Å². The molecule has 2 N–H and O–H groups in total. The summed E-state index contributed by atoms with van der Waals surface area (Å²) < 4.78 is 0. The van der Waals surface area contributed by atoms with E-state index in [2.05, 4.69) is 17.2 Å². The van der Waals surface area contributed by atoms with Gasteiger partial charge >= 0.3 is 0 Å². The van der Waals surface area contributed by atoms with Gasteiger partial charge in [-0.25, -0.2) is 0 Å². The van der Waals surface area contributed by atoms with Crippen LogP contribution in [0.4, 0.5) is 5.69 Å². The predicted octanol–water partition coefficient (Wildman–Crippen LogP) is 4.64. The molecule has 0 unspecified atom stereocenters. The highest BCUT2D eigenvalue weighted by atomic mass is 35.5. The fraction of sp³-hybridized carbons (Fsp3) is 0.118. The van der Waals surface area contributed by atoms with Gasteiger partial charge in [0.25, 0.3) is 5.91 Å². The Bertz CT molecular complexity index is 790. The lowest BCUT2D eigenvalue weighted by atomic mass is 10.1. The van der Waals surface area contributed by atoms with Crippen LogP contribution >= 0.6 is 11.6 Å². The molecule has 4 heteroatoms. The van der Waals surface area contributed by atoms with E-state index in [0.29, 0.717) is 10.7 Å². The van der Waals surface area contributed by atoms with Crippen LogP contribution in [0, 0.1) is 0 Å². The molecular weight excluding hydrogens is 284 g/mol. The summed E-state index contributed by atoms with van der Waals surface area (Å²) in [7, 11) is 0. The first kappa shape index (κ1) is 13.7. The highest BCUT2D eigenvalue weighted by molar-refractivity contribution is 6.31. The maximum Gasteiger partial charge on any atom is 0.272 e. The summed E-state index contributed by atoms with van der Waals surface area (Å²) in [5, 5.41) is 4.46. The fourth-order valence-electron chi connectivity index (χ4n) is 2.25. The number of carbonyl (C=O) groups excluding carboxylic acids is 1. The van der Waals surface area contributed by atoms with Gasteiger partial charge in [0.05, 0.1) is 0 Å². The van der Waals surface area contributed by atoms with Crippen LogP contribution in [0.25, 0.3) is 10.9 Å². The molecular formula is C17H15ClN2O. The lowest BCUT2D eigenvalue weighted by molar-refractivity contribution is 0.102. The monoisotopic (exact) mass is 298 g/mol. The first-order valence-electron chi connectivity index (χ1n) is 6.84. The van der Waals surface area contributed by atoms with Crippen LogP contribution in [0.15, 0.2) is 48.5 Å². The summed E-state index contributed by atoms with van der Waals surface area (Å²) in [6.07, 6.45) is 0.983. The van der Waals surface area contributed by atoms with Crippen LogP contribution in [-0.4, -0.2) is 10.9 Å². The Morgan fingerprint density at radius 1 is 1.14 bits per heavy atom. The highest BCUT2D eigenvalue weighted by Crippen LogP contribution is 2.21. The molecule has 3 nitrogen and oxygen atoms in total. The van der Waals surface area contributed by atoms with Gasteiger partial charge in [0.1, 0.15) is 5.69 Å². The highest BCUT2D eigenvalue weighted by Gasteiger charge is 2.10. The number of halogens is 1. The number of fused-ring (bicyclic) bond motifs is 1. The Kier molecular flexibility index (Phi) is 3.67. The molecule has 3 rings (SSSR count). The normalized spacial score (nSPS) is 10.8. The summed E-state index contributed by atoms with van der Waals surface area (Å²) in [5.41, 5.74) is 3.44. The van der Waals surface area contributed by atoms with Crippen molar-refractivity contribution in [2.75, 3.05) is 5.32 Å². The molecule has 0 saturated carbocycles. The van der Waals surface area contributed by atoms with Crippen molar-refractivity contribution in [2.45, 2.75) is 13.3 Å². The molecule has 106 valence electrons. The van der Waals surface area contributed by atoms with Gasteiger partial charge < -0.3 is 10.3 Å². The molecule has 3 aromatic rings. The third kappa shape index (κ3) is 2.93. The molecule has 1 aromatic heterocycles. The second-order valence-electron chi connectivity index (χ2n) is 4.92. The van der Waals surface area contributed by atoms with Crippen molar-refractivity contribution >= 4 is 34.1 Å². The van der Waals surface area contributed by atoms with Crippen molar-refractivity contribution in [3.05, 3.63) is 64.8 Å². The molecule has 0 saturated heterocycles. The van der Waals surface area contributed by atoms with E-state index >= 15 is 0 Å². The van der Waals surface area contributed by atoms with Gasteiger partial charge in [-0.1, -0.05) is 30.7 Å². The molecule has 0 atom stereocenters. The van der Waals surface area contributed by atoms with Crippen molar-refractivity contribution in [2.24, 2.45) is 0 Å². The zero-order valence-corrected chi connectivity index (χ0v) is 12.4. The zero-order valence-electron chi connectivity index (χ0n) is 11.6. The summed E-state index contributed by atoms with van der Waals surface area (Å²) >= 11 is 5.95. The van der Waals surface area contributed by atoms with Gasteiger partial charge in [0.2, 0.25) is 0 Å². The van der Waals surface area contributed by atoms with Crippen LogP contribution in [-0.2, 0) is 6.42 Å². The van der Waals surface area contributed by atoms with E-state index in [4.69, 9.17) is 11.6 Å². The first-order chi connectivity index (χ1) is 10.2. The molecule has 1 heterocycles. The maximum absolute atomic E-state index is 12.2. The molecule has 0 aliphatic heterocycles. The molecule has 0 radical (unpaired) electrons. The van der Waals surface area contributed by atoms with Crippen molar-refractivity contribution in [3.8, 4) is 0 Å². The number of rotatable bonds is 3. The number of amides is 1. The number of aryl methyl sites for hydroxylation is 1. The number of anilines is 1. The average molecular weight is 299 g/mol. The number of nitrogens with one attached hydrogen (secondary N) is 2. The third-order valence-corrected chi connectivity index (χ3v) is 3.68. The second-order valence-corrected chi connectivity index (χ2v) is 5.36. The van der Waals surface area contributed by atoms with E-state index < -0.39 is 0 Å². The third-order valence-electron chi connectivity index (χ3n) is 3.45. The van der Waals surface area contributed by atoms with Gasteiger partial charge in [-0.2, -0.15) is 0 Å². The molecule has 21 heavy (non-hydrogen) atoms. The number of hydrogen-bond acceptors (Lipinski definition) is 1. The van der Waals surface area contributed by atoms with Crippen molar-refractivity contribution in [3.63, 3.8) is 0 Å². The SMILES string of the molecule is CCc1ccc(NC(=O)c2cc3cc(Cl)ccc3[nH]2)cc1. The fourth-order valence-corrected chi connectivity index (χ4v) is 2.43. The number of aromatic amines is 1. The summed E-state index contributed by atoms with van der Waals surface area (Å²) in [6.45, 7) is 2.10. The number of hydrogen-bond donors (Lipinski definition) is 2. The molecule has 0 bridgehead atoms. The number of carbonyl (C=O) groups is 1. The van der Waals surface area contributed by atoms with Crippen LogP contribution in [0.1, 0.15) is 23.0 Å². The number of benzene rings is 2. The van der Waals surface area contributed by atoms with Gasteiger partial charge in [-0.05, 0) is 48.4 Å². The van der Waals surface area contributed by atoms with E-state index in [9.17, 15) is 4.79 Å².